The first-order valence-corrected chi connectivity index (χ1v) is 6.68. The Kier molecular flexibility index (Phi) is 5.19. The number of aromatic nitrogens is 2. The van der Waals surface area contributed by atoms with Crippen LogP contribution in [-0.2, 0) is 11.3 Å². The van der Waals surface area contributed by atoms with Crippen LogP contribution in [0.3, 0.4) is 0 Å². The number of hydrogen-bond donors (Lipinski definition) is 0. The van der Waals surface area contributed by atoms with Gasteiger partial charge < -0.3 is 9.64 Å². The number of nitrogens with zero attached hydrogens (tertiary/aromatic N) is 4. The van der Waals surface area contributed by atoms with Gasteiger partial charge >= 0.3 is 11.8 Å². The van der Waals surface area contributed by atoms with Gasteiger partial charge in [0.05, 0.1) is 12.5 Å². The molecule has 1 aromatic carbocycles. The van der Waals surface area contributed by atoms with Crippen LogP contribution in [0.5, 0.6) is 0 Å². The third kappa shape index (κ3) is 4.47. The minimum Gasteiger partial charge on any atom is -0.444 e. The lowest BCUT2D eigenvalue weighted by Gasteiger charge is -2.07. The van der Waals surface area contributed by atoms with Crippen LogP contribution in [0.2, 0.25) is 0 Å². The lowest BCUT2D eigenvalue weighted by molar-refractivity contribution is 0.139. The van der Waals surface area contributed by atoms with Gasteiger partial charge in [0, 0.05) is 14.1 Å². The highest BCUT2D eigenvalue weighted by molar-refractivity contribution is 5.70. The minimum absolute atomic E-state index is 0.0335. The molecule has 2 aromatic rings. The van der Waals surface area contributed by atoms with Crippen LogP contribution in [0.25, 0.3) is 0 Å². The van der Waals surface area contributed by atoms with Crippen molar-refractivity contribution in [2.45, 2.75) is 6.61 Å². The minimum atomic E-state index is -1.01. The summed E-state index contributed by atoms with van der Waals surface area (Å²) in [6.07, 6.45) is 1.00. The van der Waals surface area contributed by atoms with Crippen molar-refractivity contribution in [3.8, 4) is 0 Å². The van der Waals surface area contributed by atoms with Crippen molar-refractivity contribution in [2.75, 3.05) is 14.1 Å². The molecular weight excluding hydrogens is 303 g/mol. The van der Waals surface area contributed by atoms with E-state index < -0.39 is 23.4 Å². The van der Waals surface area contributed by atoms with Crippen molar-refractivity contribution in [1.82, 2.24) is 14.5 Å². The summed E-state index contributed by atoms with van der Waals surface area (Å²) in [5, 5.41) is 0. The summed E-state index contributed by atoms with van der Waals surface area (Å²) in [7, 11) is 3.37. The molecule has 0 aliphatic heterocycles. The predicted molar refractivity (Wildman–Crippen MR) is 82.3 cm³/mol. The van der Waals surface area contributed by atoms with E-state index in [2.05, 4.69) is 9.98 Å². The summed E-state index contributed by atoms with van der Waals surface area (Å²) in [5.41, 5.74) is -0.218. The van der Waals surface area contributed by atoms with Crippen molar-refractivity contribution in [3.63, 3.8) is 0 Å². The highest BCUT2D eigenvalue weighted by atomic mass is 19.1. The Hall–Kier alpha value is -3.03. The first-order valence-electron chi connectivity index (χ1n) is 6.68. The number of halogens is 1. The molecule has 7 nitrogen and oxygen atoms in total. The van der Waals surface area contributed by atoms with Crippen LogP contribution in [0.1, 0.15) is 5.56 Å². The fourth-order valence-corrected chi connectivity index (χ4v) is 1.60. The van der Waals surface area contributed by atoms with Gasteiger partial charge in [0.1, 0.15) is 6.61 Å². The molecule has 0 fully saturated rings. The Morgan fingerprint density at radius 2 is 2.09 bits per heavy atom. The van der Waals surface area contributed by atoms with Crippen LogP contribution in [0.15, 0.2) is 46.3 Å². The largest absolute Gasteiger partial charge is 0.444 e. The highest BCUT2D eigenvalue weighted by Gasteiger charge is 2.14. The second kappa shape index (κ2) is 7.30. The number of carbonyl (C=O) groups excluding carboxylic acids is 1. The highest BCUT2D eigenvalue weighted by Crippen LogP contribution is 2.10. The lowest BCUT2D eigenvalue weighted by Crippen LogP contribution is -2.30. The molecule has 0 unspecified atom stereocenters. The first-order chi connectivity index (χ1) is 11.0. The SMILES string of the molecule is CN(C)C=Nc1nc(=O)n(C(=O)OCc2ccccc2)cc1F. The van der Waals surface area contributed by atoms with E-state index in [4.69, 9.17) is 4.74 Å². The molecule has 0 saturated carbocycles. The van der Waals surface area contributed by atoms with E-state index in [-0.39, 0.29) is 6.61 Å². The second-order valence-electron chi connectivity index (χ2n) is 4.81. The predicted octanol–water partition coefficient (Wildman–Crippen LogP) is 1.79. The van der Waals surface area contributed by atoms with Crippen molar-refractivity contribution in [2.24, 2.45) is 4.99 Å². The molecule has 0 amide bonds. The van der Waals surface area contributed by atoms with E-state index in [9.17, 15) is 14.0 Å². The van der Waals surface area contributed by atoms with Crippen LogP contribution < -0.4 is 5.69 Å². The Balaban J connectivity index is 2.15. The van der Waals surface area contributed by atoms with Gasteiger partial charge in [-0.15, -0.1) is 0 Å². The van der Waals surface area contributed by atoms with Gasteiger partial charge in [-0.1, -0.05) is 30.3 Å². The van der Waals surface area contributed by atoms with E-state index in [0.29, 0.717) is 10.8 Å². The number of hydrogen-bond acceptors (Lipinski definition) is 5. The molecule has 0 N–H and O–H groups in total. The summed E-state index contributed by atoms with van der Waals surface area (Å²) in [6, 6.07) is 8.91. The van der Waals surface area contributed by atoms with Gasteiger partial charge in [-0.05, 0) is 5.56 Å². The van der Waals surface area contributed by atoms with Crippen LogP contribution in [-0.4, -0.2) is 41.0 Å². The van der Waals surface area contributed by atoms with Gasteiger partial charge in [-0.25, -0.2) is 19.0 Å². The van der Waals surface area contributed by atoms with E-state index in [1.807, 2.05) is 6.07 Å². The number of ether oxygens (including phenoxy) is 1. The number of benzene rings is 1. The van der Waals surface area contributed by atoms with E-state index in [0.717, 1.165) is 5.56 Å². The average molecular weight is 318 g/mol. The molecular formula is C15H15FN4O3. The number of carbonyl (C=O) groups is 1. The molecule has 1 aromatic heterocycles. The maximum atomic E-state index is 13.8. The maximum absolute atomic E-state index is 13.8. The lowest BCUT2D eigenvalue weighted by atomic mass is 10.2. The normalized spacial score (nSPS) is 10.7. The van der Waals surface area contributed by atoms with E-state index >= 15 is 0 Å². The summed E-state index contributed by atoms with van der Waals surface area (Å²) in [6.45, 7) is -0.0335. The molecule has 0 atom stereocenters. The van der Waals surface area contributed by atoms with Crippen LogP contribution in [0.4, 0.5) is 15.0 Å². The van der Waals surface area contributed by atoms with E-state index in [1.165, 1.54) is 6.34 Å². The van der Waals surface area contributed by atoms with Crippen molar-refractivity contribution < 1.29 is 13.9 Å². The smallest absolute Gasteiger partial charge is 0.422 e. The standard InChI is InChI=1S/C15H15FN4O3/c1-19(2)10-17-13-12(16)8-20(14(21)18-13)15(22)23-9-11-6-4-3-5-7-11/h3-8,10H,9H2,1-2H3. The molecule has 8 heteroatoms. The Morgan fingerprint density at radius 1 is 1.39 bits per heavy atom. The van der Waals surface area contributed by atoms with Gasteiger partial charge in [0.25, 0.3) is 0 Å². The molecule has 0 aliphatic rings. The molecule has 1 heterocycles. The van der Waals surface area contributed by atoms with Crippen molar-refractivity contribution in [1.29, 1.82) is 0 Å². The topological polar surface area (TPSA) is 76.8 Å². The van der Waals surface area contributed by atoms with Crippen molar-refractivity contribution in [3.05, 3.63) is 58.4 Å². The van der Waals surface area contributed by atoms with Gasteiger partial charge in [0.2, 0.25) is 0 Å². The Bertz CT molecular complexity index is 772. The third-order valence-electron chi connectivity index (χ3n) is 2.68. The van der Waals surface area contributed by atoms with Gasteiger partial charge in [-0.3, -0.25) is 0 Å². The maximum Gasteiger partial charge on any atom is 0.422 e. The Labute approximate surface area is 131 Å². The summed E-state index contributed by atoms with van der Waals surface area (Å²) in [4.78, 5) is 32.3. The first kappa shape index (κ1) is 16.3. The van der Waals surface area contributed by atoms with Crippen LogP contribution >= 0.6 is 0 Å². The Morgan fingerprint density at radius 3 is 2.74 bits per heavy atom. The molecule has 120 valence electrons. The summed E-state index contributed by atoms with van der Waals surface area (Å²) < 4.78 is 19.3. The second-order valence-corrected chi connectivity index (χ2v) is 4.81. The third-order valence-corrected chi connectivity index (χ3v) is 2.68. The zero-order chi connectivity index (χ0) is 16.8. The molecule has 2 rings (SSSR count). The number of aliphatic imine (C=N–C) groups is 1. The molecule has 0 spiro atoms. The fraction of sp³-hybridized carbons (Fsp3) is 0.200. The zero-order valence-electron chi connectivity index (χ0n) is 12.6. The molecule has 0 saturated heterocycles. The molecule has 0 aliphatic carbocycles. The monoisotopic (exact) mass is 318 g/mol. The van der Waals surface area contributed by atoms with Crippen molar-refractivity contribution >= 4 is 18.2 Å². The van der Waals surface area contributed by atoms with E-state index in [1.54, 1.807) is 43.3 Å². The summed E-state index contributed by atoms with van der Waals surface area (Å²) in [5.74, 6) is -1.30. The summed E-state index contributed by atoms with van der Waals surface area (Å²) >= 11 is 0. The molecule has 0 bridgehead atoms. The quantitative estimate of drug-likeness (QED) is 0.634. The molecule has 0 radical (unpaired) electrons. The van der Waals surface area contributed by atoms with Gasteiger partial charge in [-0.2, -0.15) is 9.55 Å². The average Bonchev–Trinajstić information content (AvgIpc) is 2.54. The molecule has 23 heavy (non-hydrogen) atoms. The fourth-order valence-electron chi connectivity index (χ4n) is 1.60. The van der Waals surface area contributed by atoms with Crippen LogP contribution in [0, 0.1) is 5.82 Å². The van der Waals surface area contributed by atoms with Gasteiger partial charge in [0.15, 0.2) is 11.6 Å². The number of rotatable bonds is 4. The zero-order valence-corrected chi connectivity index (χ0v) is 12.6.